The zero-order valence-corrected chi connectivity index (χ0v) is 16.6. The Morgan fingerprint density at radius 2 is 2.04 bits per heavy atom. The fourth-order valence-corrected chi connectivity index (χ4v) is 2.94. The smallest absolute Gasteiger partial charge is 0.191 e. The summed E-state index contributed by atoms with van der Waals surface area (Å²) in [4.78, 5) is 11.2. The molecule has 0 atom stereocenters. The third kappa shape index (κ3) is 7.60. The Morgan fingerprint density at radius 1 is 1.23 bits per heavy atom. The lowest BCUT2D eigenvalue weighted by Crippen LogP contribution is -2.38. The van der Waals surface area contributed by atoms with Crippen molar-refractivity contribution in [2.45, 2.75) is 46.1 Å². The molecule has 2 rings (SSSR count). The number of ether oxygens (including phenoxy) is 1. The molecule has 26 heavy (non-hydrogen) atoms. The van der Waals surface area contributed by atoms with Crippen LogP contribution in [0.1, 0.15) is 45.1 Å². The fraction of sp³-hybridized carbons (Fsp3) is 0.700. The highest BCUT2D eigenvalue weighted by Crippen LogP contribution is 2.18. The van der Waals surface area contributed by atoms with E-state index in [1.54, 1.807) is 7.05 Å². The SMILES string of the molecule is CN=C(NCCOCCC(C)C)NCc1ccnc(N2CCCCC2)c1. The molecule has 0 aliphatic carbocycles. The summed E-state index contributed by atoms with van der Waals surface area (Å²) in [5.41, 5.74) is 1.22. The molecule has 1 aromatic heterocycles. The minimum absolute atomic E-state index is 0.688. The summed E-state index contributed by atoms with van der Waals surface area (Å²) in [6.07, 6.45) is 6.87. The highest BCUT2D eigenvalue weighted by molar-refractivity contribution is 5.79. The number of nitrogens with zero attached hydrogens (tertiary/aromatic N) is 3. The molecule has 0 saturated carbocycles. The molecule has 0 spiro atoms. The summed E-state index contributed by atoms with van der Waals surface area (Å²) in [5.74, 6) is 2.58. The highest BCUT2D eigenvalue weighted by atomic mass is 16.5. The standard InChI is InChI=1S/C20H35N5O/c1-17(2)8-13-26-14-10-23-20(21-3)24-16-18-7-9-22-19(15-18)25-11-5-4-6-12-25/h7,9,15,17H,4-6,8,10-14,16H2,1-3H3,(H2,21,23,24). The van der Waals surface area contributed by atoms with Gasteiger partial charge in [0, 0.05) is 46.0 Å². The quantitative estimate of drug-likeness (QED) is 0.402. The van der Waals surface area contributed by atoms with E-state index in [9.17, 15) is 0 Å². The van der Waals surface area contributed by atoms with Gasteiger partial charge in [0.05, 0.1) is 6.61 Å². The van der Waals surface area contributed by atoms with E-state index < -0.39 is 0 Å². The van der Waals surface area contributed by atoms with Gasteiger partial charge in [-0.05, 0) is 49.3 Å². The molecule has 1 aliphatic heterocycles. The number of aromatic nitrogens is 1. The number of anilines is 1. The number of rotatable bonds is 9. The van der Waals surface area contributed by atoms with E-state index in [-0.39, 0.29) is 0 Å². The van der Waals surface area contributed by atoms with Gasteiger partial charge in [0.15, 0.2) is 5.96 Å². The van der Waals surface area contributed by atoms with Crippen LogP contribution in [-0.4, -0.2) is 50.8 Å². The topological polar surface area (TPSA) is 61.8 Å². The molecule has 146 valence electrons. The molecule has 1 fully saturated rings. The van der Waals surface area contributed by atoms with Gasteiger partial charge in [0.2, 0.25) is 0 Å². The van der Waals surface area contributed by atoms with Crippen LogP contribution in [0.3, 0.4) is 0 Å². The molecule has 6 nitrogen and oxygen atoms in total. The van der Waals surface area contributed by atoms with E-state index in [4.69, 9.17) is 4.74 Å². The van der Waals surface area contributed by atoms with Gasteiger partial charge in [-0.1, -0.05) is 13.8 Å². The van der Waals surface area contributed by atoms with Crippen molar-refractivity contribution in [2.24, 2.45) is 10.9 Å². The Morgan fingerprint density at radius 3 is 2.77 bits per heavy atom. The first-order valence-electron chi connectivity index (χ1n) is 9.91. The Labute approximate surface area is 158 Å². The van der Waals surface area contributed by atoms with E-state index in [0.717, 1.165) is 51.0 Å². The summed E-state index contributed by atoms with van der Waals surface area (Å²) in [7, 11) is 1.79. The zero-order chi connectivity index (χ0) is 18.6. The van der Waals surface area contributed by atoms with Gasteiger partial charge in [-0.3, -0.25) is 4.99 Å². The molecular weight excluding hydrogens is 326 g/mol. The molecule has 1 saturated heterocycles. The van der Waals surface area contributed by atoms with Crippen LogP contribution in [0.5, 0.6) is 0 Å². The van der Waals surface area contributed by atoms with Crippen LogP contribution >= 0.6 is 0 Å². The summed E-state index contributed by atoms with van der Waals surface area (Å²) in [5, 5.41) is 6.66. The van der Waals surface area contributed by atoms with Crippen molar-refractivity contribution in [2.75, 3.05) is 44.8 Å². The lowest BCUT2D eigenvalue weighted by Gasteiger charge is -2.28. The predicted molar refractivity (Wildman–Crippen MR) is 109 cm³/mol. The lowest BCUT2D eigenvalue weighted by molar-refractivity contribution is 0.128. The first-order chi connectivity index (χ1) is 12.7. The second-order valence-electron chi connectivity index (χ2n) is 7.22. The number of nitrogens with one attached hydrogen (secondary N) is 2. The van der Waals surface area contributed by atoms with Crippen molar-refractivity contribution < 1.29 is 4.74 Å². The number of piperidine rings is 1. The van der Waals surface area contributed by atoms with Crippen LogP contribution in [0.25, 0.3) is 0 Å². The Balaban J connectivity index is 1.70. The lowest BCUT2D eigenvalue weighted by atomic mass is 10.1. The van der Waals surface area contributed by atoms with E-state index in [0.29, 0.717) is 12.5 Å². The molecule has 2 heterocycles. The average Bonchev–Trinajstić information content (AvgIpc) is 2.67. The second-order valence-corrected chi connectivity index (χ2v) is 7.22. The highest BCUT2D eigenvalue weighted by Gasteiger charge is 2.12. The van der Waals surface area contributed by atoms with Gasteiger partial charge >= 0.3 is 0 Å². The molecule has 1 aromatic rings. The van der Waals surface area contributed by atoms with Crippen LogP contribution in [0, 0.1) is 5.92 Å². The van der Waals surface area contributed by atoms with Gasteiger partial charge in [-0.15, -0.1) is 0 Å². The van der Waals surface area contributed by atoms with Gasteiger partial charge in [0.1, 0.15) is 5.82 Å². The fourth-order valence-electron chi connectivity index (χ4n) is 2.94. The van der Waals surface area contributed by atoms with Crippen molar-refractivity contribution in [3.05, 3.63) is 23.9 Å². The number of hydrogen-bond donors (Lipinski definition) is 2. The van der Waals surface area contributed by atoms with Gasteiger partial charge in [-0.2, -0.15) is 0 Å². The van der Waals surface area contributed by atoms with Crippen molar-refractivity contribution in [1.29, 1.82) is 0 Å². The van der Waals surface area contributed by atoms with Crippen LogP contribution < -0.4 is 15.5 Å². The predicted octanol–water partition coefficient (Wildman–Crippen LogP) is 2.80. The maximum Gasteiger partial charge on any atom is 0.191 e. The number of aliphatic imine (C=N–C) groups is 1. The molecule has 0 amide bonds. The second kappa shape index (κ2) is 11.7. The minimum Gasteiger partial charge on any atom is -0.380 e. The van der Waals surface area contributed by atoms with Crippen LogP contribution in [0.2, 0.25) is 0 Å². The van der Waals surface area contributed by atoms with Gasteiger partial charge < -0.3 is 20.3 Å². The average molecular weight is 362 g/mol. The normalized spacial score (nSPS) is 15.4. The molecule has 0 bridgehead atoms. The van der Waals surface area contributed by atoms with Gasteiger partial charge in [0.25, 0.3) is 0 Å². The first kappa shape index (κ1) is 20.5. The van der Waals surface area contributed by atoms with E-state index in [1.165, 1.54) is 24.8 Å². The maximum absolute atomic E-state index is 5.63. The Kier molecular flexibility index (Phi) is 9.24. The Hall–Kier alpha value is -1.82. The van der Waals surface area contributed by atoms with Crippen molar-refractivity contribution >= 4 is 11.8 Å². The van der Waals surface area contributed by atoms with E-state index >= 15 is 0 Å². The van der Waals surface area contributed by atoms with E-state index in [1.807, 2.05) is 6.20 Å². The third-order valence-corrected chi connectivity index (χ3v) is 4.55. The summed E-state index contributed by atoms with van der Waals surface area (Å²) in [6, 6.07) is 4.24. The molecule has 0 aromatic carbocycles. The molecular formula is C20H35N5O. The molecule has 2 N–H and O–H groups in total. The number of pyridine rings is 1. The van der Waals surface area contributed by atoms with Crippen molar-refractivity contribution in [3.63, 3.8) is 0 Å². The molecule has 0 radical (unpaired) electrons. The van der Waals surface area contributed by atoms with E-state index in [2.05, 4.69) is 51.5 Å². The molecule has 6 heteroatoms. The zero-order valence-electron chi connectivity index (χ0n) is 16.6. The van der Waals surface area contributed by atoms with Crippen molar-refractivity contribution in [1.82, 2.24) is 15.6 Å². The number of hydrogen-bond acceptors (Lipinski definition) is 4. The third-order valence-electron chi connectivity index (χ3n) is 4.55. The minimum atomic E-state index is 0.688. The summed E-state index contributed by atoms with van der Waals surface area (Å²) >= 11 is 0. The summed E-state index contributed by atoms with van der Waals surface area (Å²) < 4.78 is 5.63. The van der Waals surface area contributed by atoms with Crippen LogP contribution in [0.4, 0.5) is 5.82 Å². The molecule has 1 aliphatic rings. The molecule has 0 unspecified atom stereocenters. The van der Waals surface area contributed by atoms with Gasteiger partial charge in [-0.25, -0.2) is 4.98 Å². The monoisotopic (exact) mass is 361 g/mol. The summed E-state index contributed by atoms with van der Waals surface area (Å²) in [6.45, 7) is 9.66. The van der Waals surface area contributed by atoms with Crippen LogP contribution in [-0.2, 0) is 11.3 Å². The Bertz CT molecular complexity index is 541. The maximum atomic E-state index is 5.63. The van der Waals surface area contributed by atoms with Crippen LogP contribution in [0.15, 0.2) is 23.3 Å². The first-order valence-corrected chi connectivity index (χ1v) is 9.91. The number of guanidine groups is 1. The van der Waals surface area contributed by atoms with Crippen molar-refractivity contribution in [3.8, 4) is 0 Å². The largest absolute Gasteiger partial charge is 0.380 e.